The first-order valence-corrected chi connectivity index (χ1v) is 37.1. The number of guanidine groups is 2. The number of aliphatic imine (C=N–C) groups is 2. The molecule has 0 aliphatic carbocycles. The summed E-state index contributed by atoms with van der Waals surface area (Å²) >= 11 is 0. The zero-order chi connectivity index (χ0) is 84.8. The average Bonchev–Trinajstić information content (AvgIpc) is 0.853. The summed E-state index contributed by atoms with van der Waals surface area (Å²) in [6.45, 7) is 16.9. The van der Waals surface area contributed by atoms with Crippen LogP contribution in [-0.4, -0.2) is 224 Å². The molecule has 0 spiro atoms. The maximum absolute atomic E-state index is 14.6. The Morgan fingerprint density at radius 1 is 0.402 bits per heavy atom. The maximum Gasteiger partial charge on any atom is 0.326 e. The number of amides is 12. The van der Waals surface area contributed by atoms with Crippen LogP contribution in [0, 0.1) is 29.6 Å². The van der Waals surface area contributed by atoms with E-state index >= 15 is 0 Å². The molecule has 0 saturated heterocycles. The fourth-order valence-electron chi connectivity index (χ4n) is 11.2. The van der Waals surface area contributed by atoms with E-state index in [1.165, 1.54) is 38.1 Å². The molecular weight excluding hydrogens is 1460 g/mol. The lowest BCUT2D eigenvalue weighted by Crippen LogP contribution is -2.62. The van der Waals surface area contributed by atoms with Gasteiger partial charge in [0.1, 0.15) is 78.3 Å². The fraction of sp³-hybridized carbons (Fsp3) is 0.603. The van der Waals surface area contributed by atoms with Gasteiger partial charge in [0.25, 0.3) is 0 Å². The summed E-state index contributed by atoms with van der Waals surface area (Å²) in [7, 11) is 0. The van der Waals surface area contributed by atoms with Crippen LogP contribution in [0.15, 0.2) is 64.6 Å². The highest BCUT2D eigenvalue weighted by atomic mass is 16.4. The molecule has 2 aromatic carbocycles. The number of aliphatic hydroxyl groups is 1. The minimum absolute atomic E-state index is 0.0237. The van der Waals surface area contributed by atoms with E-state index in [2.05, 4.69) is 73.8 Å². The van der Waals surface area contributed by atoms with Crippen LogP contribution in [0.25, 0.3) is 0 Å². The van der Waals surface area contributed by atoms with Gasteiger partial charge in [-0.15, -0.1) is 0 Å². The summed E-state index contributed by atoms with van der Waals surface area (Å²) in [4.78, 5) is 214. The number of hydrogen-bond donors (Lipinski definition) is 22. The second kappa shape index (κ2) is 49.1. The third kappa shape index (κ3) is 36.1. The van der Waals surface area contributed by atoms with Crippen molar-refractivity contribution in [2.24, 2.45) is 68.2 Å². The Morgan fingerprint density at radius 3 is 1.26 bits per heavy atom. The highest BCUT2D eigenvalue weighted by molar-refractivity contribution is 6.00. The molecule has 624 valence electrons. The summed E-state index contributed by atoms with van der Waals surface area (Å²) < 4.78 is 0. The highest BCUT2D eigenvalue weighted by Gasteiger charge is 2.39. The SMILES string of the molecule is CC[C@H](C)[C@H](NC(=O)[C@H](CCCN=C(N)N)NC(=O)[C@H](CO)NC(=O)[C@H](Cc1ccc(O)cc1)NC(=O)[C@H](CC(=O)O)NC(=O)[C@H](CC(C)C)NC(=O)[C@H](C)NC(=O)[C@@H](NC(=O)[C@@H](NC(=O)[C@@H](N)CC(C)C)C(C)C)C(C)C)C(=O)N[C@@H](CCC(=O)O)C(=O)N[C@@H](Cc1ccccc1)C(=O)N[C@@H](CCCN=C(N)N)C(=O)O. The number of aliphatic carboxylic acids is 3. The van der Waals surface area contributed by atoms with Crippen LogP contribution >= 0.6 is 0 Å². The lowest BCUT2D eigenvalue weighted by atomic mass is 9.96. The summed E-state index contributed by atoms with van der Waals surface area (Å²) in [6.07, 6.45) is -3.12. The summed E-state index contributed by atoms with van der Waals surface area (Å²) in [5.41, 5.74) is 28.7. The lowest BCUT2D eigenvalue weighted by molar-refractivity contribution is -0.142. The maximum atomic E-state index is 14.6. The summed E-state index contributed by atoms with van der Waals surface area (Å²) in [5, 5.41) is 80.5. The summed E-state index contributed by atoms with van der Waals surface area (Å²) in [6, 6.07) is -6.60. The quantitative estimate of drug-likeness (QED) is 0.0172. The average molecular weight is 1580 g/mol. The fourth-order valence-corrected chi connectivity index (χ4v) is 11.2. The van der Waals surface area contributed by atoms with Gasteiger partial charge in [0.05, 0.1) is 19.1 Å². The van der Waals surface area contributed by atoms with E-state index in [1.807, 2.05) is 13.8 Å². The largest absolute Gasteiger partial charge is 0.508 e. The van der Waals surface area contributed by atoms with Crippen molar-refractivity contribution < 1.29 is 97.5 Å². The van der Waals surface area contributed by atoms with Gasteiger partial charge >= 0.3 is 17.9 Å². The zero-order valence-electron chi connectivity index (χ0n) is 65.3. The number of nitrogens with two attached hydrogens (primary N) is 5. The molecule has 39 heteroatoms. The van der Waals surface area contributed by atoms with Crippen molar-refractivity contribution in [1.82, 2.24) is 63.8 Å². The van der Waals surface area contributed by atoms with Gasteiger partial charge in [0, 0.05) is 32.4 Å². The van der Waals surface area contributed by atoms with Crippen molar-refractivity contribution in [3.05, 3.63) is 65.7 Å². The van der Waals surface area contributed by atoms with Crippen LogP contribution < -0.4 is 92.5 Å². The molecule has 12 amide bonds. The Bertz CT molecular complexity index is 3560. The molecule has 0 fully saturated rings. The smallest absolute Gasteiger partial charge is 0.326 e. The predicted molar refractivity (Wildman–Crippen MR) is 410 cm³/mol. The number of carboxylic acid groups (broad SMARTS) is 3. The van der Waals surface area contributed by atoms with E-state index in [1.54, 1.807) is 78.8 Å². The Labute approximate surface area is 650 Å². The molecule has 0 aliphatic heterocycles. The molecule has 0 heterocycles. The molecule has 0 unspecified atom stereocenters. The second-order valence-corrected chi connectivity index (χ2v) is 28.9. The number of carboxylic acids is 3. The minimum atomic E-state index is -2.01. The standard InChI is InChI=1S/C73H117N19O20/c1-12-40(10)58(70(110)83-47(26-27-54(95)96)61(101)86-50(32-42-18-14-13-15-19-42)64(104)84-48(71(111)112)21-17-29-80-73(77)78)92-62(102)46(20-16-28-79-72(75)76)82-67(107)53(35-93)89-65(105)51(33-43-22-24-44(94)25-23-43)87-66(106)52(34-55(97)98)88-63(103)49(31-37(4)5)85-59(99)41(11)81-68(108)56(38(6)7)91-69(109)57(39(8)9)90-60(100)45(74)30-36(2)3/h13-15,18-19,22-25,36-41,45-53,56-58,93-94H,12,16-17,20-21,26-35,74H2,1-11H3,(H,81,108)(H,82,107)(H,83,110)(H,84,104)(H,85,99)(H,86,101)(H,87,106)(H,88,103)(H,89,105)(H,90,100)(H,91,109)(H,92,102)(H,95,96)(H,97,98)(H,111,112)(H4,75,76,79)(H4,77,78,80)/t40-,41-,45-,46-,47-,48-,49-,50-,51-,52-,53-,56-,57-,58-/m0/s1. The topological polar surface area (TPSA) is 656 Å². The number of nitrogens with zero attached hydrogens (tertiary/aromatic N) is 2. The Hall–Kier alpha value is -11.3. The molecule has 2 rings (SSSR count). The van der Waals surface area contributed by atoms with Gasteiger partial charge in [-0.2, -0.15) is 0 Å². The highest BCUT2D eigenvalue weighted by Crippen LogP contribution is 2.17. The van der Waals surface area contributed by atoms with Crippen LogP contribution in [0.5, 0.6) is 5.75 Å². The van der Waals surface area contributed by atoms with Crippen molar-refractivity contribution in [3.8, 4) is 5.75 Å². The molecule has 27 N–H and O–H groups in total. The second-order valence-electron chi connectivity index (χ2n) is 28.9. The molecule has 0 radical (unpaired) electrons. The Kier molecular flexibility index (Phi) is 42.4. The molecular formula is C73H117N19O20. The van der Waals surface area contributed by atoms with E-state index in [0.717, 1.165) is 0 Å². The van der Waals surface area contributed by atoms with Crippen molar-refractivity contribution in [1.29, 1.82) is 0 Å². The van der Waals surface area contributed by atoms with E-state index in [9.17, 15) is 97.5 Å². The number of aromatic hydroxyl groups is 1. The number of carbonyl (C=O) groups excluding carboxylic acids is 12. The monoisotopic (exact) mass is 1580 g/mol. The van der Waals surface area contributed by atoms with E-state index in [-0.39, 0.29) is 93.1 Å². The number of phenolic OH excluding ortho intramolecular Hbond substituents is 1. The van der Waals surface area contributed by atoms with Crippen molar-refractivity contribution in [2.75, 3.05) is 19.7 Å². The number of rotatable bonds is 51. The summed E-state index contributed by atoms with van der Waals surface area (Å²) in [5.74, 6) is -19.4. The number of nitrogens with one attached hydrogen (secondary N) is 12. The zero-order valence-corrected chi connectivity index (χ0v) is 65.3. The van der Waals surface area contributed by atoms with Crippen LogP contribution in [0.2, 0.25) is 0 Å². The van der Waals surface area contributed by atoms with Gasteiger partial charge in [0.15, 0.2) is 11.9 Å². The molecule has 0 bridgehead atoms. The molecule has 39 nitrogen and oxygen atoms in total. The van der Waals surface area contributed by atoms with Crippen LogP contribution in [0.1, 0.15) is 151 Å². The van der Waals surface area contributed by atoms with Crippen molar-refractivity contribution in [3.63, 3.8) is 0 Å². The predicted octanol–water partition coefficient (Wildman–Crippen LogP) is -3.68. The number of benzene rings is 2. The molecule has 0 aromatic heterocycles. The number of carbonyl (C=O) groups is 15. The third-order valence-corrected chi connectivity index (χ3v) is 17.6. The van der Waals surface area contributed by atoms with Gasteiger partial charge < -0.3 is 118 Å². The first-order valence-electron chi connectivity index (χ1n) is 37.1. The van der Waals surface area contributed by atoms with E-state index < -0.39 is 217 Å². The van der Waals surface area contributed by atoms with Crippen LogP contribution in [0.3, 0.4) is 0 Å². The Morgan fingerprint density at radius 2 is 0.786 bits per heavy atom. The normalized spacial score (nSPS) is 14.9. The van der Waals surface area contributed by atoms with Crippen LogP contribution in [0.4, 0.5) is 0 Å². The lowest BCUT2D eigenvalue weighted by Gasteiger charge is -2.30. The van der Waals surface area contributed by atoms with E-state index in [0.29, 0.717) is 12.0 Å². The number of hydrogen-bond acceptors (Lipinski definition) is 20. The molecule has 2 aromatic rings. The van der Waals surface area contributed by atoms with Gasteiger partial charge in [-0.3, -0.25) is 77.1 Å². The van der Waals surface area contributed by atoms with E-state index in [4.69, 9.17) is 28.7 Å². The first-order chi connectivity index (χ1) is 52.5. The first kappa shape index (κ1) is 96.8. The minimum Gasteiger partial charge on any atom is -0.508 e. The third-order valence-electron chi connectivity index (χ3n) is 17.6. The van der Waals surface area contributed by atoms with Crippen molar-refractivity contribution >= 4 is 101 Å². The number of aliphatic hydroxyl groups excluding tert-OH is 1. The Balaban J connectivity index is 2.55. The van der Waals surface area contributed by atoms with Gasteiger partial charge in [-0.1, -0.05) is 118 Å². The van der Waals surface area contributed by atoms with Crippen molar-refractivity contribution in [2.45, 2.75) is 232 Å². The van der Waals surface area contributed by atoms with Gasteiger partial charge in [0.2, 0.25) is 70.9 Å². The molecule has 0 saturated carbocycles. The molecule has 0 aliphatic rings. The molecule has 14 atom stereocenters. The van der Waals surface area contributed by atoms with Gasteiger partial charge in [-0.25, -0.2) is 4.79 Å². The van der Waals surface area contributed by atoms with Crippen LogP contribution in [-0.2, 0) is 84.8 Å². The van der Waals surface area contributed by atoms with Gasteiger partial charge in [-0.05, 0) is 105 Å². The number of phenols is 1. The molecule has 112 heavy (non-hydrogen) atoms.